The molecule has 1 N–H and O–H groups in total. The summed E-state index contributed by atoms with van der Waals surface area (Å²) in [6.45, 7) is 0.403. The van der Waals surface area contributed by atoms with E-state index in [2.05, 4.69) is 20.3 Å². The molecule has 0 aliphatic carbocycles. The van der Waals surface area contributed by atoms with Crippen LogP contribution >= 0.6 is 11.6 Å². The Morgan fingerprint density at radius 3 is 2.62 bits per heavy atom. The van der Waals surface area contributed by atoms with Crippen LogP contribution in [0.5, 0.6) is 11.6 Å². The fourth-order valence-electron chi connectivity index (χ4n) is 2.73. The van der Waals surface area contributed by atoms with E-state index in [-0.39, 0.29) is 10.8 Å². The van der Waals surface area contributed by atoms with Gasteiger partial charge in [0.1, 0.15) is 17.4 Å². The first kappa shape index (κ1) is 18.9. The van der Waals surface area contributed by atoms with Crippen molar-refractivity contribution in [1.82, 2.24) is 15.0 Å². The van der Waals surface area contributed by atoms with E-state index in [1.54, 1.807) is 13.3 Å². The topological polar surface area (TPSA) is 69.2 Å². The van der Waals surface area contributed by atoms with Gasteiger partial charge in [-0.1, -0.05) is 29.8 Å². The summed E-state index contributed by atoms with van der Waals surface area (Å²) in [5.41, 5.74) is 1.72. The molecule has 0 saturated carbocycles. The second-order valence-corrected chi connectivity index (χ2v) is 6.59. The smallest absolute Gasteiger partial charge is 0.310 e. The maximum Gasteiger partial charge on any atom is 0.310 e. The van der Waals surface area contributed by atoms with Crippen molar-refractivity contribution >= 4 is 33.9 Å². The molecule has 0 atom stereocenters. The fraction of sp³-hybridized carbons (Fsp3) is 0.0952. The molecule has 0 amide bonds. The van der Waals surface area contributed by atoms with Crippen LogP contribution in [0.25, 0.3) is 10.8 Å². The van der Waals surface area contributed by atoms with Crippen molar-refractivity contribution in [2.75, 3.05) is 12.4 Å². The number of nitrogens with zero attached hydrogens (tertiary/aromatic N) is 3. The third kappa shape index (κ3) is 4.52. The van der Waals surface area contributed by atoms with Crippen LogP contribution in [0.2, 0.25) is 5.02 Å². The molecule has 8 heteroatoms. The first-order chi connectivity index (χ1) is 14.1. The molecule has 0 aliphatic heterocycles. The number of hydrogen-bond acceptors (Lipinski definition) is 6. The number of pyridine rings is 1. The van der Waals surface area contributed by atoms with E-state index in [0.717, 1.165) is 22.1 Å². The van der Waals surface area contributed by atoms with Gasteiger partial charge in [-0.3, -0.25) is 0 Å². The third-order valence-electron chi connectivity index (χ3n) is 4.22. The van der Waals surface area contributed by atoms with E-state index >= 15 is 0 Å². The number of nitrogens with one attached hydrogen (secondary N) is 1. The molecule has 2 aromatic heterocycles. The molecule has 2 aromatic carbocycles. The number of hydrogen-bond donors (Lipinski definition) is 1. The first-order valence-electron chi connectivity index (χ1n) is 8.71. The highest BCUT2D eigenvalue weighted by Gasteiger charge is 2.07. The molecule has 6 nitrogen and oxygen atoms in total. The average molecular weight is 411 g/mol. The monoisotopic (exact) mass is 410 g/mol. The van der Waals surface area contributed by atoms with Gasteiger partial charge in [-0.25, -0.2) is 9.97 Å². The zero-order valence-corrected chi connectivity index (χ0v) is 16.2. The Labute approximate surface area is 171 Å². The molecular formula is C21H16ClFN4O2. The van der Waals surface area contributed by atoms with Crippen molar-refractivity contribution in [3.63, 3.8) is 0 Å². The Bertz CT molecular complexity index is 1160. The van der Waals surface area contributed by atoms with Gasteiger partial charge in [0.15, 0.2) is 5.82 Å². The van der Waals surface area contributed by atoms with Gasteiger partial charge >= 0.3 is 6.08 Å². The van der Waals surface area contributed by atoms with Crippen LogP contribution in [-0.2, 0) is 6.61 Å². The molecule has 0 unspecified atom stereocenters. The molecule has 0 saturated heterocycles. The highest BCUT2D eigenvalue weighted by molar-refractivity contribution is 6.32. The molecule has 29 heavy (non-hydrogen) atoms. The number of rotatable bonds is 6. The lowest BCUT2D eigenvalue weighted by atomic mass is 10.1. The second kappa shape index (κ2) is 8.28. The zero-order chi connectivity index (χ0) is 20.2. The lowest BCUT2D eigenvalue weighted by Gasteiger charge is -2.10. The number of methoxy groups -OCH3 is 1. The SMILES string of the molecule is COc1ccc(COc2cc3ccc(Nc4nc(F)ncc4Cl)cc3cn2)cc1. The number of ether oxygens (including phenoxy) is 2. The molecule has 146 valence electrons. The van der Waals surface area contributed by atoms with Gasteiger partial charge in [-0.15, -0.1) is 0 Å². The van der Waals surface area contributed by atoms with Crippen molar-refractivity contribution in [3.8, 4) is 11.6 Å². The van der Waals surface area contributed by atoms with E-state index in [1.165, 1.54) is 6.20 Å². The molecule has 0 aliphatic rings. The minimum atomic E-state index is -0.849. The summed E-state index contributed by atoms with van der Waals surface area (Å²) in [4.78, 5) is 11.4. The maximum atomic E-state index is 13.2. The number of fused-ring (bicyclic) bond motifs is 1. The molecule has 0 fully saturated rings. The molecule has 4 aromatic rings. The Morgan fingerprint density at radius 2 is 1.83 bits per heavy atom. The van der Waals surface area contributed by atoms with Crippen molar-refractivity contribution in [3.05, 3.63) is 77.6 Å². The van der Waals surface area contributed by atoms with Gasteiger partial charge in [-0.2, -0.15) is 9.37 Å². The van der Waals surface area contributed by atoms with E-state index in [0.29, 0.717) is 18.2 Å². The highest BCUT2D eigenvalue weighted by atomic mass is 35.5. The van der Waals surface area contributed by atoms with E-state index in [9.17, 15) is 4.39 Å². The van der Waals surface area contributed by atoms with E-state index in [4.69, 9.17) is 21.1 Å². The summed E-state index contributed by atoms with van der Waals surface area (Å²) >= 11 is 6.00. The lowest BCUT2D eigenvalue weighted by Crippen LogP contribution is -1.99. The summed E-state index contributed by atoms with van der Waals surface area (Å²) in [6, 6.07) is 15.1. The van der Waals surface area contributed by atoms with Gasteiger partial charge in [0.25, 0.3) is 0 Å². The standard InChI is InChI=1S/C21H16ClFN4O2/c1-28-17-6-2-13(3-7-17)12-29-19-9-14-4-5-16(8-15(14)10-24-19)26-20-18(22)11-25-21(23)27-20/h2-11H,12H2,1H3,(H,25,26,27). The number of halogens is 2. The summed E-state index contributed by atoms with van der Waals surface area (Å²) in [5.74, 6) is 1.52. The largest absolute Gasteiger partial charge is 0.497 e. The Hall–Kier alpha value is -3.45. The Kier molecular flexibility index (Phi) is 5.39. The van der Waals surface area contributed by atoms with Crippen LogP contribution in [0.1, 0.15) is 5.56 Å². The van der Waals surface area contributed by atoms with Crippen LogP contribution in [0.3, 0.4) is 0 Å². The first-order valence-corrected chi connectivity index (χ1v) is 9.09. The molecule has 0 spiro atoms. The number of aromatic nitrogens is 3. The number of benzene rings is 2. The molecule has 2 heterocycles. The third-order valence-corrected chi connectivity index (χ3v) is 4.50. The summed E-state index contributed by atoms with van der Waals surface area (Å²) in [6.07, 6.45) is 2.07. The summed E-state index contributed by atoms with van der Waals surface area (Å²) in [7, 11) is 1.63. The van der Waals surface area contributed by atoms with E-state index in [1.807, 2.05) is 48.5 Å². The normalized spacial score (nSPS) is 10.7. The van der Waals surface area contributed by atoms with Gasteiger partial charge < -0.3 is 14.8 Å². The van der Waals surface area contributed by atoms with Gasteiger partial charge in [-0.05, 0) is 35.2 Å². The second-order valence-electron chi connectivity index (χ2n) is 6.18. The lowest BCUT2D eigenvalue weighted by molar-refractivity contribution is 0.294. The summed E-state index contributed by atoms with van der Waals surface area (Å²) in [5, 5.41) is 5.05. The molecular weight excluding hydrogens is 395 g/mol. The van der Waals surface area contributed by atoms with Crippen molar-refractivity contribution in [2.24, 2.45) is 0 Å². The molecule has 0 bridgehead atoms. The minimum Gasteiger partial charge on any atom is -0.497 e. The van der Waals surface area contributed by atoms with Crippen LogP contribution in [0, 0.1) is 6.08 Å². The summed E-state index contributed by atoms with van der Waals surface area (Å²) < 4.78 is 24.2. The van der Waals surface area contributed by atoms with Gasteiger partial charge in [0, 0.05) is 23.3 Å². The van der Waals surface area contributed by atoms with Crippen molar-refractivity contribution < 1.29 is 13.9 Å². The van der Waals surface area contributed by atoms with Crippen LogP contribution in [0.15, 0.2) is 60.9 Å². The van der Waals surface area contributed by atoms with E-state index < -0.39 is 6.08 Å². The predicted molar refractivity (Wildman–Crippen MR) is 109 cm³/mol. The predicted octanol–water partition coefficient (Wildman–Crippen LogP) is 5.15. The van der Waals surface area contributed by atoms with Crippen LogP contribution in [0.4, 0.5) is 15.9 Å². The van der Waals surface area contributed by atoms with Crippen LogP contribution in [-0.4, -0.2) is 22.1 Å². The molecule has 0 radical (unpaired) electrons. The van der Waals surface area contributed by atoms with Gasteiger partial charge in [0.2, 0.25) is 5.88 Å². The average Bonchev–Trinajstić information content (AvgIpc) is 2.75. The highest BCUT2D eigenvalue weighted by Crippen LogP contribution is 2.26. The molecule has 4 rings (SSSR count). The fourth-order valence-corrected chi connectivity index (χ4v) is 2.87. The number of anilines is 2. The zero-order valence-electron chi connectivity index (χ0n) is 15.4. The Morgan fingerprint density at radius 1 is 1.00 bits per heavy atom. The minimum absolute atomic E-state index is 0.200. The maximum absolute atomic E-state index is 13.2. The van der Waals surface area contributed by atoms with Crippen LogP contribution < -0.4 is 14.8 Å². The quantitative estimate of drug-likeness (QED) is 0.443. The van der Waals surface area contributed by atoms with Gasteiger partial charge in [0.05, 0.1) is 13.3 Å². The Balaban J connectivity index is 1.48. The van der Waals surface area contributed by atoms with Crippen molar-refractivity contribution in [2.45, 2.75) is 6.61 Å². The van der Waals surface area contributed by atoms with Crippen molar-refractivity contribution in [1.29, 1.82) is 0 Å².